The Morgan fingerprint density at radius 2 is 1.89 bits per heavy atom. The molecule has 0 fully saturated rings. The number of methoxy groups -OCH3 is 1. The van der Waals surface area contributed by atoms with Crippen LogP contribution in [0.1, 0.15) is 5.69 Å². The molecule has 0 bridgehead atoms. The fraction of sp³-hybridized carbons (Fsp3) is 0.111. The Kier molecular flexibility index (Phi) is 4.62. The average molecular weight is 387 g/mol. The van der Waals surface area contributed by atoms with Crippen LogP contribution in [0.25, 0.3) is 28.7 Å². The molecule has 4 aromatic rings. The van der Waals surface area contributed by atoms with Crippen LogP contribution in [-0.2, 0) is 11.3 Å². The lowest BCUT2D eigenvalue weighted by atomic mass is 10.2. The van der Waals surface area contributed by atoms with Gasteiger partial charge < -0.3 is 9.26 Å². The van der Waals surface area contributed by atoms with E-state index in [-0.39, 0.29) is 35.3 Å². The maximum atomic E-state index is 14.2. The Balaban J connectivity index is 1.79. The van der Waals surface area contributed by atoms with Gasteiger partial charge in [0.25, 0.3) is 5.89 Å². The van der Waals surface area contributed by atoms with Gasteiger partial charge >= 0.3 is 0 Å². The van der Waals surface area contributed by atoms with E-state index in [0.717, 1.165) is 18.2 Å². The van der Waals surface area contributed by atoms with Gasteiger partial charge in [-0.3, -0.25) is 0 Å². The Morgan fingerprint density at radius 1 is 1.07 bits per heavy atom. The number of rotatable bonds is 5. The molecule has 0 spiro atoms. The molecule has 0 aliphatic carbocycles. The van der Waals surface area contributed by atoms with E-state index in [9.17, 15) is 13.2 Å². The molecule has 142 valence electrons. The van der Waals surface area contributed by atoms with Crippen LogP contribution in [0.15, 0.2) is 47.0 Å². The predicted molar refractivity (Wildman–Crippen MR) is 90.7 cm³/mol. The van der Waals surface area contributed by atoms with E-state index in [1.807, 2.05) is 0 Å². The monoisotopic (exact) mass is 387 g/mol. The van der Waals surface area contributed by atoms with E-state index >= 15 is 0 Å². The molecular weight excluding hydrogens is 375 g/mol. The lowest BCUT2D eigenvalue weighted by molar-refractivity contribution is 0.179. The minimum absolute atomic E-state index is 0.0166. The highest BCUT2D eigenvalue weighted by Crippen LogP contribution is 2.27. The fourth-order valence-corrected chi connectivity index (χ4v) is 2.65. The van der Waals surface area contributed by atoms with Crippen LogP contribution in [0.2, 0.25) is 0 Å². The summed E-state index contributed by atoms with van der Waals surface area (Å²) in [6.07, 6.45) is 0. The van der Waals surface area contributed by atoms with Crippen LogP contribution < -0.4 is 0 Å². The highest BCUT2D eigenvalue weighted by molar-refractivity contribution is 5.60. The molecule has 0 N–H and O–H groups in total. The average Bonchev–Trinajstić information content (AvgIpc) is 3.32. The Morgan fingerprint density at radius 3 is 2.68 bits per heavy atom. The first-order valence-corrected chi connectivity index (χ1v) is 8.06. The van der Waals surface area contributed by atoms with Crippen molar-refractivity contribution in [3.05, 3.63) is 65.6 Å². The molecule has 10 heteroatoms. The van der Waals surface area contributed by atoms with E-state index in [0.29, 0.717) is 5.69 Å². The number of hydrogen-bond acceptors (Lipinski definition) is 6. The zero-order valence-corrected chi connectivity index (χ0v) is 14.4. The second-order valence-electron chi connectivity index (χ2n) is 5.73. The summed E-state index contributed by atoms with van der Waals surface area (Å²) in [6.45, 7) is 0.0166. The number of nitrogens with zero attached hydrogens (tertiary/aromatic N) is 5. The smallest absolute Gasteiger partial charge is 0.280 e. The van der Waals surface area contributed by atoms with E-state index in [2.05, 4.69) is 20.5 Å². The van der Waals surface area contributed by atoms with Crippen LogP contribution in [0.5, 0.6) is 0 Å². The molecule has 0 aliphatic heterocycles. The van der Waals surface area contributed by atoms with Gasteiger partial charge in [-0.25, -0.2) is 17.9 Å². The van der Waals surface area contributed by atoms with Crippen LogP contribution in [0, 0.1) is 17.5 Å². The summed E-state index contributed by atoms with van der Waals surface area (Å²) in [5, 5.41) is 11.6. The molecule has 4 rings (SSSR count). The molecule has 2 aromatic heterocycles. The minimum atomic E-state index is -0.708. The van der Waals surface area contributed by atoms with Crippen LogP contribution >= 0.6 is 0 Å². The van der Waals surface area contributed by atoms with Gasteiger partial charge in [-0.2, -0.15) is 4.98 Å². The zero-order chi connectivity index (χ0) is 19.7. The van der Waals surface area contributed by atoms with Crippen LogP contribution in [0.4, 0.5) is 13.2 Å². The van der Waals surface area contributed by atoms with Crippen molar-refractivity contribution in [1.29, 1.82) is 0 Å². The van der Waals surface area contributed by atoms with Gasteiger partial charge in [-0.05, 0) is 30.3 Å². The first kappa shape index (κ1) is 17.9. The number of ether oxygens (including phenoxy) is 1. The summed E-state index contributed by atoms with van der Waals surface area (Å²) in [7, 11) is 1.45. The van der Waals surface area contributed by atoms with Crippen molar-refractivity contribution in [2.24, 2.45) is 0 Å². The van der Waals surface area contributed by atoms with Crippen molar-refractivity contribution < 1.29 is 22.4 Å². The van der Waals surface area contributed by atoms with Crippen molar-refractivity contribution in [3.8, 4) is 28.7 Å². The largest absolute Gasteiger partial charge is 0.378 e. The van der Waals surface area contributed by atoms with Gasteiger partial charge in [0.2, 0.25) is 5.82 Å². The third-order valence-corrected chi connectivity index (χ3v) is 3.92. The van der Waals surface area contributed by atoms with Crippen molar-refractivity contribution in [2.75, 3.05) is 7.11 Å². The SMILES string of the molecule is COCc1c(-c2nc(-c3cc(F)ccc3F)no2)nnn1-c1ccccc1F. The van der Waals surface area contributed by atoms with E-state index < -0.39 is 17.5 Å². The second kappa shape index (κ2) is 7.24. The first-order valence-electron chi connectivity index (χ1n) is 8.06. The highest BCUT2D eigenvalue weighted by Gasteiger charge is 2.23. The first-order chi connectivity index (χ1) is 13.6. The van der Waals surface area contributed by atoms with Gasteiger partial charge in [0.1, 0.15) is 28.8 Å². The number of benzene rings is 2. The maximum Gasteiger partial charge on any atom is 0.280 e. The highest BCUT2D eigenvalue weighted by atomic mass is 19.1. The maximum absolute atomic E-state index is 14.2. The molecule has 2 aromatic carbocycles. The lowest BCUT2D eigenvalue weighted by Gasteiger charge is -2.06. The van der Waals surface area contributed by atoms with Gasteiger partial charge in [-0.1, -0.05) is 22.5 Å². The molecule has 0 radical (unpaired) electrons. The molecule has 2 heterocycles. The van der Waals surface area contributed by atoms with Crippen molar-refractivity contribution in [2.45, 2.75) is 6.61 Å². The number of aromatic nitrogens is 5. The molecule has 0 unspecified atom stereocenters. The molecule has 0 amide bonds. The number of hydrogen-bond donors (Lipinski definition) is 0. The molecule has 28 heavy (non-hydrogen) atoms. The summed E-state index contributed by atoms with van der Waals surface area (Å²) < 4.78 is 53.1. The molecule has 0 aliphatic rings. The van der Waals surface area contributed by atoms with Crippen LogP contribution in [-0.4, -0.2) is 32.2 Å². The van der Waals surface area contributed by atoms with Crippen molar-refractivity contribution >= 4 is 0 Å². The van der Waals surface area contributed by atoms with Gasteiger partial charge in [-0.15, -0.1) is 5.10 Å². The Hall–Kier alpha value is -3.53. The normalized spacial score (nSPS) is 11.1. The molecule has 0 atom stereocenters. The second-order valence-corrected chi connectivity index (χ2v) is 5.73. The number of halogens is 3. The van der Waals surface area contributed by atoms with Gasteiger partial charge in [0.15, 0.2) is 5.69 Å². The fourth-order valence-electron chi connectivity index (χ4n) is 2.65. The zero-order valence-electron chi connectivity index (χ0n) is 14.4. The van der Waals surface area contributed by atoms with Crippen LogP contribution in [0.3, 0.4) is 0 Å². The topological polar surface area (TPSA) is 78.9 Å². The minimum Gasteiger partial charge on any atom is -0.378 e. The summed E-state index contributed by atoms with van der Waals surface area (Å²) >= 11 is 0. The standard InChI is InChI=1S/C18H12F3N5O2/c1-27-9-15-16(23-25-26(15)14-5-3-2-4-13(14)21)18-22-17(24-28-18)11-8-10(19)6-7-12(11)20/h2-8H,9H2,1H3. The lowest BCUT2D eigenvalue weighted by Crippen LogP contribution is -2.06. The molecule has 0 saturated heterocycles. The third-order valence-electron chi connectivity index (χ3n) is 3.92. The Bertz CT molecular complexity index is 1140. The number of para-hydroxylation sites is 1. The van der Waals surface area contributed by atoms with E-state index in [4.69, 9.17) is 9.26 Å². The molecule has 7 nitrogen and oxygen atoms in total. The summed E-state index contributed by atoms with van der Waals surface area (Å²) in [5.74, 6) is -2.11. The molecular formula is C18H12F3N5O2. The summed E-state index contributed by atoms with van der Waals surface area (Å²) in [6, 6.07) is 8.90. The molecule has 0 saturated carbocycles. The third kappa shape index (κ3) is 3.14. The summed E-state index contributed by atoms with van der Waals surface area (Å²) in [5.41, 5.74) is 0.483. The van der Waals surface area contributed by atoms with Gasteiger partial charge in [0.05, 0.1) is 12.2 Å². The predicted octanol–water partition coefficient (Wildman–Crippen LogP) is 3.55. The van der Waals surface area contributed by atoms with Crippen molar-refractivity contribution in [1.82, 2.24) is 25.1 Å². The quantitative estimate of drug-likeness (QED) is 0.521. The summed E-state index contributed by atoms with van der Waals surface area (Å²) in [4.78, 5) is 4.08. The Labute approximate surface area is 156 Å². The van der Waals surface area contributed by atoms with Gasteiger partial charge in [0, 0.05) is 7.11 Å². The van der Waals surface area contributed by atoms with E-state index in [1.165, 1.54) is 23.9 Å². The van der Waals surface area contributed by atoms with Crippen molar-refractivity contribution in [3.63, 3.8) is 0 Å². The van der Waals surface area contributed by atoms with E-state index in [1.54, 1.807) is 12.1 Å².